The lowest BCUT2D eigenvalue weighted by molar-refractivity contribution is 0.477. The lowest BCUT2D eigenvalue weighted by atomic mass is 9.83. The minimum atomic E-state index is 0.864. The van der Waals surface area contributed by atoms with E-state index in [-0.39, 0.29) is 0 Å². The molecule has 0 bridgehead atoms. The van der Waals surface area contributed by atoms with Crippen LogP contribution in [0.3, 0.4) is 0 Å². The molecule has 0 saturated carbocycles. The summed E-state index contributed by atoms with van der Waals surface area (Å²) >= 11 is 0. The van der Waals surface area contributed by atoms with Gasteiger partial charge in [-0.25, -0.2) is 0 Å². The molecule has 2 heteroatoms. The summed E-state index contributed by atoms with van der Waals surface area (Å²) < 4.78 is 6.37. The van der Waals surface area contributed by atoms with Crippen molar-refractivity contribution in [2.45, 2.75) is 12.8 Å². The number of nitrogens with zero attached hydrogens (tertiary/aromatic N) is 1. The van der Waals surface area contributed by atoms with Gasteiger partial charge in [-0.3, -0.25) is 0 Å². The molecule has 1 aliphatic carbocycles. The summed E-state index contributed by atoms with van der Waals surface area (Å²) in [5.74, 6) is 1.73. The van der Waals surface area contributed by atoms with Crippen molar-refractivity contribution in [3.05, 3.63) is 156 Å². The van der Waals surface area contributed by atoms with E-state index in [1.807, 2.05) is 12.1 Å². The number of hydrogen-bond donors (Lipinski definition) is 0. The first-order valence-corrected chi connectivity index (χ1v) is 14.7. The molecule has 0 N–H and O–H groups in total. The first-order valence-electron chi connectivity index (χ1n) is 14.7. The lowest BCUT2D eigenvalue weighted by Gasteiger charge is -2.34. The van der Waals surface area contributed by atoms with Crippen LogP contribution in [0.5, 0.6) is 11.5 Å². The van der Waals surface area contributed by atoms with Gasteiger partial charge in [0.2, 0.25) is 0 Å². The van der Waals surface area contributed by atoms with E-state index in [4.69, 9.17) is 4.74 Å². The van der Waals surface area contributed by atoms with Crippen LogP contribution in [0.4, 0.5) is 17.1 Å². The Labute approximate surface area is 244 Å². The highest BCUT2D eigenvalue weighted by molar-refractivity contribution is 6.25. The predicted octanol–water partition coefficient (Wildman–Crippen LogP) is 11.1. The average molecular weight is 538 g/mol. The lowest BCUT2D eigenvalue weighted by Crippen LogP contribution is -2.16. The van der Waals surface area contributed by atoms with Crippen LogP contribution in [0.1, 0.15) is 23.1 Å². The topological polar surface area (TPSA) is 12.5 Å². The van der Waals surface area contributed by atoms with Gasteiger partial charge in [-0.1, -0.05) is 103 Å². The number of anilines is 3. The van der Waals surface area contributed by atoms with Crippen molar-refractivity contribution < 1.29 is 4.74 Å². The highest BCUT2D eigenvalue weighted by atomic mass is 16.5. The number of aryl methyl sites for hydroxylation is 1. The molecule has 7 aromatic carbocycles. The Morgan fingerprint density at radius 1 is 0.500 bits per heavy atom. The number of fused-ring (bicyclic) bond motifs is 8. The third-order valence-corrected chi connectivity index (χ3v) is 8.87. The molecule has 1 aliphatic heterocycles. The van der Waals surface area contributed by atoms with E-state index >= 15 is 0 Å². The Hall–Kier alpha value is -5.34. The second-order valence-electron chi connectivity index (χ2n) is 11.2. The van der Waals surface area contributed by atoms with Crippen LogP contribution in [-0.2, 0) is 6.42 Å². The van der Waals surface area contributed by atoms with Crippen molar-refractivity contribution in [1.82, 2.24) is 0 Å². The molecule has 0 amide bonds. The fourth-order valence-electron chi connectivity index (χ4n) is 7.07. The second-order valence-corrected chi connectivity index (χ2v) is 11.2. The number of rotatable bonds is 2. The van der Waals surface area contributed by atoms with Gasteiger partial charge >= 0.3 is 0 Å². The van der Waals surface area contributed by atoms with Crippen molar-refractivity contribution in [1.29, 1.82) is 0 Å². The number of allylic oxidation sites excluding steroid dienone is 1. The second kappa shape index (κ2) is 9.09. The molecular weight excluding hydrogens is 510 g/mol. The Bertz CT molecular complexity index is 2200. The third kappa shape index (κ3) is 3.39. The highest BCUT2D eigenvalue weighted by Gasteiger charge is 2.27. The normalized spacial score (nSPS) is 13.8. The molecule has 0 saturated heterocycles. The number of para-hydroxylation sites is 4. The summed E-state index contributed by atoms with van der Waals surface area (Å²) in [4.78, 5) is 2.37. The van der Waals surface area contributed by atoms with Crippen molar-refractivity contribution >= 4 is 55.0 Å². The molecule has 42 heavy (non-hydrogen) atoms. The van der Waals surface area contributed by atoms with Gasteiger partial charge < -0.3 is 9.64 Å². The van der Waals surface area contributed by atoms with Crippen LogP contribution in [0.25, 0.3) is 37.9 Å². The van der Waals surface area contributed by atoms with Crippen LogP contribution in [0.15, 0.2) is 140 Å². The zero-order valence-electron chi connectivity index (χ0n) is 23.0. The Balaban J connectivity index is 1.40. The molecule has 2 nitrogen and oxygen atoms in total. The molecule has 9 rings (SSSR count). The maximum atomic E-state index is 6.37. The molecule has 0 atom stereocenters. The zero-order chi connectivity index (χ0) is 27.6. The van der Waals surface area contributed by atoms with Gasteiger partial charge in [-0.2, -0.15) is 0 Å². The Morgan fingerprint density at radius 3 is 1.86 bits per heavy atom. The van der Waals surface area contributed by atoms with Gasteiger partial charge in [0.15, 0.2) is 11.5 Å². The summed E-state index contributed by atoms with van der Waals surface area (Å²) in [5, 5.41) is 7.60. The molecule has 0 fully saturated rings. The fourth-order valence-corrected chi connectivity index (χ4v) is 7.07. The Morgan fingerprint density at radius 2 is 1.10 bits per heavy atom. The minimum absolute atomic E-state index is 0.864. The van der Waals surface area contributed by atoms with E-state index in [1.165, 1.54) is 54.6 Å². The van der Waals surface area contributed by atoms with E-state index in [9.17, 15) is 0 Å². The van der Waals surface area contributed by atoms with Crippen LogP contribution in [-0.4, -0.2) is 0 Å². The van der Waals surface area contributed by atoms with Gasteiger partial charge in [0.05, 0.1) is 17.1 Å². The summed E-state index contributed by atoms with van der Waals surface area (Å²) in [6.45, 7) is 0. The zero-order valence-corrected chi connectivity index (χ0v) is 23.0. The summed E-state index contributed by atoms with van der Waals surface area (Å²) in [6.07, 6.45) is 4.59. The highest BCUT2D eigenvalue weighted by Crippen LogP contribution is 2.53. The summed E-state index contributed by atoms with van der Waals surface area (Å²) in [6, 6.07) is 48.2. The van der Waals surface area contributed by atoms with E-state index < -0.39 is 0 Å². The van der Waals surface area contributed by atoms with Gasteiger partial charge in [0, 0.05) is 5.39 Å². The predicted molar refractivity (Wildman–Crippen MR) is 176 cm³/mol. The quantitative estimate of drug-likeness (QED) is 0.203. The molecule has 0 spiro atoms. The molecule has 2 aliphatic rings. The molecule has 0 aromatic heterocycles. The summed E-state index contributed by atoms with van der Waals surface area (Å²) in [5.41, 5.74) is 8.67. The first kappa shape index (κ1) is 23.4. The molecule has 0 radical (unpaired) electrons. The standard InChI is InChI=1S/C40H27NO/c1-2-14-28-26(12-1)13-11-19-29(28)34-24-27-25-37(31-16-4-6-18-33(31)40(27)32-17-5-3-15-30(32)34)41-35-20-7-9-22-38(35)42-39-23-10-8-21-36(39)41/h1-10,12,14-25H,11,13H2. The van der Waals surface area contributed by atoms with Crippen molar-refractivity contribution in [3.8, 4) is 11.5 Å². The molecule has 198 valence electrons. The van der Waals surface area contributed by atoms with Crippen LogP contribution in [0, 0.1) is 0 Å². The maximum Gasteiger partial charge on any atom is 0.151 e. The van der Waals surface area contributed by atoms with E-state index in [2.05, 4.69) is 132 Å². The van der Waals surface area contributed by atoms with Gasteiger partial charge in [-0.15, -0.1) is 0 Å². The SMILES string of the molecule is C1=C(c2cc3cc(N4c5ccccc5Oc5ccccc54)c4ccccc4c3c3ccccc23)c2ccccc2CC1. The third-order valence-electron chi connectivity index (χ3n) is 8.87. The molecular formula is C40H27NO. The summed E-state index contributed by atoms with van der Waals surface area (Å²) in [7, 11) is 0. The van der Waals surface area contributed by atoms with Crippen LogP contribution < -0.4 is 9.64 Å². The van der Waals surface area contributed by atoms with Gasteiger partial charge in [-0.05, 0) is 98.4 Å². The van der Waals surface area contributed by atoms with Crippen molar-refractivity contribution in [2.24, 2.45) is 0 Å². The van der Waals surface area contributed by atoms with Gasteiger partial charge in [0.1, 0.15) is 0 Å². The van der Waals surface area contributed by atoms with E-state index in [0.29, 0.717) is 0 Å². The monoisotopic (exact) mass is 537 g/mol. The molecule has 7 aromatic rings. The fraction of sp³-hybridized carbons (Fsp3) is 0.0500. The number of ether oxygens (including phenoxy) is 1. The molecule has 0 unspecified atom stereocenters. The smallest absolute Gasteiger partial charge is 0.151 e. The minimum Gasteiger partial charge on any atom is -0.453 e. The number of hydrogen-bond acceptors (Lipinski definition) is 2. The van der Waals surface area contributed by atoms with E-state index in [1.54, 1.807) is 0 Å². The maximum absolute atomic E-state index is 6.37. The molecule has 1 heterocycles. The first-order chi connectivity index (χ1) is 20.8. The average Bonchev–Trinajstić information content (AvgIpc) is 3.06. The van der Waals surface area contributed by atoms with Gasteiger partial charge in [0.25, 0.3) is 0 Å². The number of benzene rings is 7. The van der Waals surface area contributed by atoms with E-state index in [0.717, 1.165) is 41.4 Å². The van der Waals surface area contributed by atoms with Crippen molar-refractivity contribution in [2.75, 3.05) is 4.90 Å². The largest absolute Gasteiger partial charge is 0.453 e. The van der Waals surface area contributed by atoms with Crippen LogP contribution in [0.2, 0.25) is 0 Å². The Kier molecular flexibility index (Phi) is 5.06. The van der Waals surface area contributed by atoms with Crippen molar-refractivity contribution in [3.63, 3.8) is 0 Å². The van der Waals surface area contributed by atoms with Crippen LogP contribution >= 0.6 is 0 Å².